The molecule has 0 amide bonds. The van der Waals surface area contributed by atoms with Gasteiger partial charge < -0.3 is 36.8 Å². The van der Waals surface area contributed by atoms with Gasteiger partial charge in [0, 0.05) is 20.0 Å². The number of likely N-dealkylation sites (N-methyl/N-ethyl adjacent to an activating group) is 1. The van der Waals surface area contributed by atoms with E-state index < -0.39 is 36.5 Å². The van der Waals surface area contributed by atoms with Crippen LogP contribution in [-0.4, -0.2) is 81.7 Å². The number of aliphatic hydroxyl groups is 1. The molecule has 0 atom stereocenters. The first-order valence-electron chi connectivity index (χ1n) is 6.05. The minimum atomic E-state index is -1.58. The molecule has 0 saturated heterocycles. The molecule has 0 rings (SSSR count). The van der Waals surface area contributed by atoms with Gasteiger partial charge in [-0.3, -0.25) is 19.8 Å². The Balaban J connectivity index is -0.000000284. The third-order valence-electron chi connectivity index (χ3n) is 1.72. The van der Waals surface area contributed by atoms with Crippen LogP contribution in [-0.2, 0) is 19.2 Å². The normalized spacial score (nSPS) is 8.48. The van der Waals surface area contributed by atoms with Crippen molar-refractivity contribution >= 4 is 29.7 Å². The number of nitrogens with one attached hydrogen (secondary N) is 1. The van der Waals surface area contributed by atoms with Gasteiger partial charge in [-0.15, -0.1) is 0 Å². The lowest BCUT2D eigenvalue weighted by atomic mass is 10.2. The summed E-state index contributed by atoms with van der Waals surface area (Å²) in [5.41, 5.74) is 9.71. The summed E-state index contributed by atoms with van der Waals surface area (Å²) in [6.45, 7) is 0.245. The Hall–Kier alpha value is -2.73. The monoisotopic (exact) mass is 338 g/mol. The third kappa shape index (κ3) is 24.6. The highest BCUT2D eigenvalue weighted by Crippen LogP contribution is 1.90. The number of carbonyl (C=O) groups excluding carboxylic acids is 1. The zero-order valence-electron chi connectivity index (χ0n) is 12.6. The van der Waals surface area contributed by atoms with E-state index in [-0.39, 0.29) is 19.1 Å². The van der Waals surface area contributed by atoms with E-state index in [2.05, 4.69) is 0 Å². The number of nitrogens with two attached hydrogens (primary N) is 2. The molecule has 0 aliphatic rings. The Morgan fingerprint density at radius 1 is 1.04 bits per heavy atom. The van der Waals surface area contributed by atoms with E-state index in [1.165, 1.54) is 7.05 Å². The van der Waals surface area contributed by atoms with Gasteiger partial charge in [0.25, 0.3) is 0 Å². The highest BCUT2D eigenvalue weighted by atomic mass is 16.4. The topological polar surface area (TPSA) is 228 Å². The van der Waals surface area contributed by atoms with Gasteiger partial charge in [0.15, 0.2) is 5.96 Å². The maximum atomic E-state index is 10.2. The lowest BCUT2D eigenvalue weighted by Gasteiger charge is -2.12. The van der Waals surface area contributed by atoms with E-state index in [1.54, 1.807) is 0 Å². The Morgan fingerprint density at radius 3 is 1.65 bits per heavy atom. The molecule has 23 heavy (non-hydrogen) atoms. The minimum absolute atomic E-state index is 0.0972. The van der Waals surface area contributed by atoms with Crippen LogP contribution in [0.1, 0.15) is 12.8 Å². The zero-order valence-corrected chi connectivity index (χ0v) is 12.6. The molecule has 0 aliphatic carbocycles. The van der Waals surface area contributed by atoms with Crippen molar-refractivity contribution in [1.82, 2.24) is 4.90 Å². The maximum Gasteiger partial charge on any atom is 0.372 e. The second-order valence-electron chi connectivity index (χ2n) is 3.77. The molecule has 0 aromatic carbocycles. The van der Waals surface area contributed by atoms with Gasteiger partial charge in [-0.2, -0.15) is 0 Å². The molecule has 12 nitrogen and oxygen atoms in total. The maximum absolute atomic E-state index is 10.2. The van der Waals surface area contributed by atoms with Crippen LogP contribution in [0, 0.1) is 5.41 Å². The smallest absolute Gasteiger partial charge is 0.372 e. The van der Waals surface area contributed by atoms with Crippen LogP contribution >= 0.6 is 0 Å². The van der Waals surface area contributed by atoms with E-state index in [1.807, 2.05) is 0 Å². The average Bonchev–Trinajstić information content (AvgIpc) is 2.44. The first-order valence-corrected chi connectivity index (χ1v) is 6.05. The fourth-order valence-electron chi connectivity index (χ4n) is 0.615. The number of aliphatic carboxylic acids is 3. The molecule has 0 fully saturated rings. The van der Waals surface area contributed by atoms with Crippen LogP contribution in [0.2, 0.25) is 0 Å². The van der Waals surface area contributed by atoms with Crippen LogP contribution in [0.15, 0.2) is 0 Å². The van der Waals surface area contributed by atoms with E-state index in [0.29, 0.717) is 6.54 Å². The summed E-state index contributed by atoms with van der Waals surface area (Å²) < 4.78 is 0. The first kappa shape index (κ1) is 25.2. The summed E-state index contributed by atoms with van der Waals surface area (Å²) >= 11 is 0. The molecular weight excluding hydrogens is 316 g/mol. The summed E-state index contributed by atoms with van der Waals surface area (Å²) in [7, 11) is 1.44. The highest BCUT2D eigenvalue weighted by Gasteiger charge is 2.12. The Morgan fingerprint density at radius 2 is 1.48 bits per heavy atom. The number of hydrogen-bond donors (Lipinski definition) is 7. The van der Waals surface area contributed by atoms with Crippen LogP contribution in [0.25, 0.3) is 0 Å². The van der Waals surface area contributed by atoms with E-state index in [0.717, 1.165) is 4.90 Å². The van der Waals surface area contributed by atoms with Crippen LogP contribution < -0.4 is 11.5 Å². The number of carboxylic acids is 3. The number of hydrogen-bond acceptors (Lipinski definition) is 7. The van der Waals surface area contributed by atoms with Crippen molar-refractivity contribution in [2.24, 2.45) is 11.5 Å². The van der Waals surface area contributed by atoms with Crippen molar-refractivity contribution in [3.05, 3.63) is 0 Å². The lowest BCUT2D eigenvalue weighted by molar-refractivity contribution is -0.149. The van der Waals surface area contributed by atoms with Crippen LogP contribution in [0.3, 0.4) is 0 Å². The number of carbonyl (C=O) groups is 4. The SMILES string of the molecule is CN(CC(=O)O)C(=N)N.NCCO.O=C(O)CCC(=O)C(=O)O. The van der Waals surface area contributed by atoms with E-state index in [4.69, 9.17) is 37.3 Å². The molecule has 0 bridgehead atoms. The predicted molar refractivity (Wildman–Crippen MR) is 77.8 cm³/mol. The molecule has 0 aliphatic heterocycles. The highest BCUT2D eigenvalue weighted by molar-refractivity contribution is 6.32. The summed E-state index contributed by atoms with van der Waals surface area (Å²) in [4.78, 5) is 40.8. The van der Waals surface area contributed by atoms with Crippen molar-refractivity contribution in [1.29, 1.82) is 5.41 Å². The molecule has 9 N–H and O–H groups in total. The van der Waals surface area contributed by atoms with Crippen molar-refractivity contribution in [2.75, 3.05) is 26.7 Å². The second kappa shape index (κ2) is 15.7. The zero-order chi connectivity index (χ0) is 19.0. The van der Waals surface area contributed by atoms with Gasteiger partial charge >= 0.3 is 17.9 Å². The van der Waals surface area contributed by atoms with Crippen molar-refractivity contribution in [3.63, 3.8) is 0 Å². The number of ketones is 1. The molecule has 0 saturated carbocycles. The van der Waals surface area contributed by atoms with Crippen LogP contribution in [0.4, 0.5) is 0 Å². The number of Topliss-reactive ketones (excluding diaryl/α,β-unsaturated/α-hetero) is 1. The quantitative estimate of drug-likeness (QED) is 0.144. The predicted octanol–water partition coefficient (Wildman–Crippen LogP) is -2.66. The second-order valence-corrected chi connectivity index (χ2v) is 3.77. The fourth-order valence-corrected chi connectivity index (χ4v) is 0.615. The largest absolute Gasteiger partial charge is 0.481 e. The molecule has 0 unspecified atom stereocenters. The number of guanidine groups is 1. The number of aliphatic hydroxyl groups excluding tert-OH is 1. The Bertz CT molecular complexity index is 411. The molecule has 0 aromatic rings. The van der Waals surface area contributed by atoms with Crippen molar-refractivity contribution < 1.29 is 39.6 Å². The molecule has 12 heteroatoms. The molecule has 134 valence electrons. The van der Waals surface area contributed by atoms with Crippen molar-refractivity contribution in [2.45, 2.75) is 12.8 Å². The number of nitrogens with zero attached hydrogens (tertiary/aromatic N) is 1. The summed E-state index contributed by atoms with van der Waals surface area (Å²) in [6, 6.07) is 0. The third-order valence-corrected chi connectivity index (χ3v) is 1.72. The van der Waals surface area contributed by atoms with Gasteiger partial charge in [0.05, 0.1) is 13.0 Å². The van der Waals surface area contributed by atoms with Gasteiger partial charge in [0.1, 0.15) is 6.54 Å². The minimum Gasteiger partial charge on any atom is -0.481 e. The average molecular weight is 338 g/mol. The van der Waals surface area contributed by atoms with Gasteiger partial charge in [-0.05, 0) is 0 Å². The molecular formula is C11H22N4O8. The van der Waals surface area contributed by atoms with Crippen LogP contribution in [0.5, 0.6) is 0 Å². The number of rotatable bonds is 7. The lowest BCUT2D eigenvalue weighted by Crippen LogP contribution is -2.36. The summed E-state index contributed by atoms with van der Waals surface area (Å²) in [6.07, 6.45) is -0.865. The molecule has 0 radical (unpaired) electrons. The van der Waals surface area contributed by atoms with Gasteiger partial charge in [0.2, 0.25) is 5.78 Å². The van der Waals surface area contributed by atoms with Crippen molar-refractivity contribution in [3.8, 4) is 0 Å². The van der Waals surface area contributed by atoms with E-state index >= 15 is 0 Å². The van der Waals surface area contributed by atoms with Gasteiger partial charge in [-0.25, -0.2) is 4.79 Å². The summed E-state index contributed by atoms with van der Waals surface area (Å²) in [5, 5.41) is 38.6. The first-order chi connectivity index (χ1) is 10.5. The number of carboxylic acid groups (broad SMARTS) is 3. The summed E-state index contributed by atoms with van der Waals surface area (Å²) in [5.74, 6) is -5.05. The fraction of sp³-hybridized carbons (Fsp3) is 0.545. The molecule has 0 aromatic heterocycles. The van der Waals surface area contributed by atoms with Gasteiger partial charge in [-0.1, -0.05) is 0 Å². The molecule has 0 spiro atoms. The Labute approximate surface area is 131 Å². The molecule has 0 heterocycles. The Kier molecular flexibility index (Phi) is 17.2. The van der Waals surface area contributed by atoms with E-state index in [9.17, 15) is 19.2 Å². The standard InChI is InChI=1S/C5H6O5.C4H9N3O2.C2H7NO/c6-3(5(9)10)1-2-4(7)8;1-7(4(5)6)2-3(8)9;3-1-2-4/h1-2H2,(H,7,8)(H,9,10);2H2,1H3,(H3,5,6)(H,8,9);4H,1-3H2.